The van der Waals surface area contributed by atoms with E-state index in [1.807, 2.05) is 12.1 Å². The first kappa shape index (κ1) is 32.2. The molecule has 0 radical (unpaired) electrons. The maximum absolute atomic E-state index is 13.1. The molecule has 0 unspecified atom stereocenters. The van der Waals surface area contributed by atoms with Crippen LogP contribution in [-0.4, -0.2) is 57.3 Å². The third-order valence-electron chi connectivity index (χ3n) is 10.00. The number of halogens is 3. The Morgan fingerprint density at radius 2 is 1.65 bits per heavy atom. The highest BCUT2D eigenvalue weighted by Gasteiger charge is 2.35. The number of hydrogen-bond acceptors (Lipinski definition) is 6. The summed E-state index contributed by atoms with van der Waals surface area (Å²) in [4.78, 5) is 24.5. The Morgan fingerprint density at radius 1 is 0.938 bits per heavy atom. The molecule has 0 saturated carbocycles. The summed E-state index contributed by atoms with van der Waals surface area (Å²) in [5.41, 5.74) is 17.0. The number of nitrogens with one attached hydrogen (secondary N) is 1. The van der Waals surface area contributed by atoms with E-state index < -0.39 is 12.1 Å². The van der Waals surface area contributed by atoms with Crippen LogP contribution in [0.5, 0.6) is 11.5 Å². The zero-order chi connectivity index (χ0) is 33.6. The summed E-state index contributed by atoms with van der Waals surface area (Å²) in [6.07, 6.45) is 4.64. The summed E-state index contributed by atoms with van der Waals surface area (Å²) in [5.74, 6) is -0.937. The first-order chi connectivity index (χ1) is 23.2. The summed E-state index contributed by atoms with van der Waals surface area (Å²) in [7, 11) is 0. The summed E-state index contributed by atoms with van der Waals surface area (Å²) in [6.45, 7) is 5.72. The van der Waals surface area contributed by atoms with Gasteiger partial charge in [0.15, 0.2) is 0 Å². The number of carboxylic acid groups (broad SMARTS) is 1. The molecular formula is C37H39F3N4O4. The Bertz CT molecular complexity index is 1930. The smallest absolute Gasteiger partial charge is 0.430 e. The summed E-state index contributed by atoms with van der Waals surface area (Å²) < 4.78 is 41.3. The molecule has 0 aromatic heterocycles. The Kier molecular flexibility index (Phi) is 8.66. The van der Waals surface area contributed by atoms with Crippen LogP contribution >= 0.6 is 0 Å². The number of aliphatic carboxylic acids is 1. The molecule has 0 fully saturated rings. The normalized spacial score (nSPS) is 17.1. The largest absolute Gasteiger partial charge is 0.542 e. The minimum atomic E-state index is -5.19. The van der Waals surface area contributed by atoms with Crippen molar-refractivity contribution >= 4 is 23.1 Å². The number of nitrogens with two attached hydrogens (primary N) is 1. The van der Waals surface area contributed by atoms with Crippen molar-refractivity contribution in [1.29, 1.82) is 0 Å². The molecule has 5 heterocycles. The van der Waals surface area contributed by atoms with Gasteiger partial charge in [-0.3, -0.25) is 4.79 Å². The molecular weight excluding hydrogens is 621 g/mol. The number of carbonyl (C=O) groups excluding carboxylic acids is 2. The highest BCUT2D eigenvalue weighted by molar-refractivity contribution is 5.96. The molecule has 1 amide bonds. The summed E-state index contributed by atoms with van der Waals surface area (Å²) in [5, 5.41) is 14.5. The van der Waals surface area contributed by atoms with Crippen molar-refractivity contribution in [3.05, 3.63) is 85.9 Å². The van der Waals surface area contributed by atoms with Crippen LogP contribution < -0.4 is 40.9 Å². The van der Waals surface area contributed by atoms with Crippen molar-refractivity contribution in [3.63, 3.8) is 0 Å². The monoisotopic (exact) mass is 660 g/mol. The highest BCUT2D eigenvalue weighted by atomic mass is 19.4. The Hall–Kier alpha value is -4.38. The first-order valence-electron chi connectivity index (χ1n) is 17.0. The zero-order valence-corrected chi connectivity index (χ0v) is 26.8. The number of carbonyl (C=O) groups is 2. The average Bonchev–Trinajstić information content (AvgIpc) is 3.08. The van der Waals surface area contributed by atoms with Gasteiger partial charge in [0, 0.05) is 71.2 Å². The van der Waals surface area contributed by atoms with Gasteiger partial charge in [0.25, 0.3) is 5.91 Å². The van der Waals surface area contributed by atoms with Gasteiger partial charge in [0.05, 0.1) is 5.56 Å². The number of alkyl halides is 3. The van der Waals surface area contributed by atoms with Gasteiger partial charge in [-0.15, -0.1) is 0 Å². The van der Waals surface area contributed by atoms with Gasteiger partial charge in [-0.1, -0.05) is 12.1 Å². The number of carboxylic acids is 1. The van der Waals surface area contributed by atoms with Crippen LogP contribution in [0, 0.1) is 0 Å². The molecule has 3 aromatic rings. The van der Waals surface area contributed by atoms with Crippen LogP contribution in [0.2, 0.25) is 0 Å². The number of aryl methyl sites for hydroxylation is 2. The number of benzene rings is 3. The lowest BCUT2D eigenvalue weighted by molar-refractivity contribution is -0.344. The maximum Gasteiger partial charge on any atom is 0.430 e. The Morgan fingerprint density at radius 3 is 2.40 bits per heavy atom. The van der Waals surface area contributed by atoms with E-state index in [1.54, 1.807) is 0 Å². The molecule has 11 heteroatoms. The van der Waals surface area contributed by atoms with E-state index in [0.717, 1.165) is 88.2 Å². The quantitative estimate of drug-likeness (QED) is 0.252. The second-order valence-corrected chi connectivity index (χ2v) is 13.1. The van der Waals surface area contributed by atoms with E-state index >= 15 is 0 Å². The molecule has 5 aliphatic heterocycles. The lowest BCUT2D eigenvalue weighted by Gasteiger charge is -2.39. The molecule has 48 heavy (non-hydrogen) atoms. The fourth-order valence-corrected chi connectivity index (χ4v) is 8.05. The number of anilines is 1. The fraction of sp³-hybridized carbons (Fsp3) is 0.432. The lowest BCUT2D eigenvalue weighted by atomic mass is 9.82. The lowest BCUT2D eigenvalue weighted by Crippen LogP contribution is -2.45. The predicted octanol–water partition coefficient (Wildman–Crippen LogP) is 2.50. The van der Waals surface area contributed by atoms with Crippen LogP contribution in [0.15, 0.2) is 36.4 Å². The third-order valence-corrected chi connectivity index (χ3v) is 10.00. The zero-order valence-electron chi connectivity index (χ0n) is 26.8. The van der Waals surface area contributed by atoms with Gasteiger partial charge in [-0.05, 0) is 86.9 Å². The Labute approximate surface area is 276 Å². The molecule has 0 bridgehead atoms. The number of ether oxygens (including phenoxy) is 1. The van der Waals surface area contributed by atoms with Gasteiger partial charge < -0.3 is 30.6 Å². The molecule has 3 N–H and O–H groups in total. The van der Waals surface area contributed by atoms with E-state index in [0.29, 0.717) is 18.7 Å². The molecule has 8 nitrogen and oxygen atoms in total. The summed E-state index contributed by atoms with van der Waals surface area (Å²) in [6, 6.07) is 13.1. The van der Waals surface area contributed by atoms with E-state index in [9.17, 15) is 18.0 Å². The van der Waals surface area contributed by atoms with E-state index in [1.165, 1.54) is 62.5 Å². The van der Waals surface area contributed by atoms with Crippen molar-refractivity contribution in [2.45, 2.75) is 64.0 Å². The first-order valence-corrected chi connectivity index (χ1v) is 17.0. The number of amides is 1. The molecule has 0 aliphatic carbocycles. The van der Waals surface area contributed by atoms with Gasteiger partial charge in [-0.25, -0.2) is 4.58 Å². The van der Waals surface area contributed by atoms with Gasteiger partial charge in [-0.2, -0.15) is 13.2 Å². The number of fused-ring (bicyclic) bond motifs is 4. The summed E-state index contributed by atoms with van der Waals surface area (Å²) >= 11 is 0. The van der Waals surface area contributed by atoms with E-state index in [4.69, 9.17) is 20.4 Å². The van der Waals surface area contributed by atoms with Crippen molar-refractivity contribution in [1.82, 2.24) is 9.89 Å². The van der Waals surface area contributed by atoms with Crippen molar-refractivity contribution in [2.24, 2.45) is 5.73 Å². The molecule has 5 aliphatic rings. The third kappa shape index (κ3) is 5.82. The highest BCUT2D eigenvalue weighted by Crippen LogP contribution is 2.48. The SMILES string of the molecule is NCCCNC(=O)c1cccc(C2=c3cc4c5c(c3Oc3c2cc2c6c3CCCN6CCC2)CCC[N+]=5CCC4)c1.O=C([O-])C(F)(F)F. The van der Waals surface area contributed by atoms with Crippen LogP contribution in [0.1, 0.15) is 75.8 Å². The van der Waals surface area contributed by atoms with Gasteiger partial charge in [0.2, 0.25) is 5.36 Å². The Balaban J connectivity index is 0.000000473. The standard InChI is InChI=1S/C35H38N4O2.C2HF3O2/c36-13-6-14-37-35(40)25-8-1-7-22(19-25)30-28-20-23-9-2-15-38-17-4-11-26(31(23)38)33(28)41-34-27-12-5-18-39-16-3-10-24(32(27)39)21-29(30)34;3-2(4,5)1(6)7/h1,7-8,19-21H,2-6,9-18,36H2;(H,6,7). The van der Waals surface area contributed by atoms with Gasteiger partial charge >= 0.3 is 6.18 Å². The molecule has 252 valence electrons. The van der Waals surface area contributed by atoms with Crippen LogP contribution in [0.3, 0.4) is 0 Å². The topological polar surface area (TPSA) is 111 Å². The van der Waals surface area contributed by atoms with Crippen LogP contribution in [-0.2, 0) is 30.5 Å². The molecule has 0 atom stereocenters. The maximum atomic E-state index is 13.1. The second-order valence-electron chi connectivity index (χ2n) is 13.1. The van der Waals surface area contributed by atoms with Gasteiger partial charge in [0.1, 0.15) is 30.6 Å². The molecule has 0 spiro atoms. The van der Waals surface area contributed by atoms with Crippen LogP contribution in [0.25, 0.3) is 5.57 Å². The van der Waals surface area contributed by atoms with Crippen molar-refractivity contribution < 1.29 is 32.6 Å². The average molecular weight is 661 g/mol. The molecule has 8 rings (SSSR count). The predicted molar refractivity (Wildman–Crippen MR) is 174 cm³/mol. The van der Waals surface area contributed by atoms with Crippen molar-refractivity contribution in [3.8, 4) is 11.5 Å². The molecule has 3 aromatic carbocycles. The fourth-order valence-electron chi connectivity index (χ4n) is 8.05. The number of rotatable bonds is 5. The second kappa shape index (κ2) is 12.9. The molecule has 0 saturated heterocycles. The van der Waals surface area contributed by atoms with Crippen LogP contribution in [0.4, 0.5) is 18.9 Å². The van der Waals surface area contributed by atoms with E-state index in [-0.39, 0.29) is 5.91 Å². The minimum Gasteiger partial charge on any atom is -0.542 e. The van der Waals surface area contributed by atoms with Crippen molar-refractivity contribution in [2.75, 3.05) is 44.2 Å². The number of nitrogens with zero attached hydrogens (tertiary/aromatic N) is 2. The number of hydrogen-bond donors (Lipinski definition) is 2. The minimum absolute atomic E-state index is 0.0410. The van der Waals surface area contributed by atoms with E-state index in [2.05, 4.69) is 39.1 Å².